The Balaban J connectivity index is 1.64. The summed E-state index contributed by atoms with van der Waals surface area (Å²) < 4.78 is 5.09. The van der Waals surface area contributed by atoms with Gasteiger partial charge in [0.1, 0.15) is 18.4 Å². The zero-order valence-electron chi connectivity index (χ0n) is 14.5. The van der Waals surface area contributed by atoms with Crippen LogP contribution in [0.3, 0.4) is 0 Å². The summed E-state index contributed by atoms with van der Waals surface area (Å²) in [6.07, 6.45) is -0.663. The molecular weight excluding hydrogens is 346 g/mol. The molecule has 0 saturated carbocycles. The van der Waals surface area contributed by atoms with E-state index in [-0.39, 0.29) is 18.8 Å². The minimum atomic E-state index is -1.14. The van der Waals surface area contributed by atoms with Crippen LogP contribution in [0.1, 0.15) is 11.1 Å². The smallest absolute Gasteiger partial charge is 0.408 e. The molecule has 0 aliphatic heterocycles. The number of phenols is 1. The molecule has 6 heteroatoms. The van der Waals surface area contributed by atoms with Crippen LogP contribution in [0.5, 0.6) is 5.75 Å². The standard InChI is InChI=1S/C21H19NO5/c23-18-9-8-16-10-15(6-7-17(16)12-18)11-19(20(24)25)22-21(26)27-13-14-4-2-1-3-5-14/h1-10,12,19,23H,11,13H2,(H,22,26)(H,24,25). The van der Waals surface area contributed by atoms with E-state index >= 15 is 0 Å². The van der Waals surface area contributed by atoms with Crippen LogP contribution in [-0.2, 0) is 22.6 Å². The van der Waals surface area contributed by atoms with Gasteiger partial charge in [-0.2, -0.15) is 0 Å². The lowest BCUT2D eigenvalue weighted by Gasteiger charge is -2.15. The van der Waals surface area contributed by atoms with E-state index in [9.17, 15) is 19.8 Å². The number of hydrogen-bond donors (Lipinski definition) is 3. The summed E-state index contributed by atoms with van der Waals surface area (Å²) in [7, 11) is 0. The number of nitrogens with one attached hydrogen (secondary N) is 1. The molecule has 3 rings (SSSR count). The molecule has 3 N–H and O–H groups in total. The van der Waals surface area contributed by atoms with Gasteiger partial charge < -0.3 is 20.3 Å². The third-order valence-corrected chi connectivity index (χ3v) is 4.13. The van der Waals surface area contributed by atoms with Crippen LogP contribution in [-0.4, -0.2) is 28.3 Å². The molecule has 0 bridgehead atoms. The summed E-state index contributed by atoms with van der Waals surface area (Å²) in [5.41, 5.74) is 1.57. The second-order valence-corrected chi connectivity index (χ2v) is 6.17. The molecule has 1 amide bonds. The first-order chi connectivity index (χ1) is 13.0. The van der Waals surface area contributed by atoms with Crippen LogP contribution in [0.15, 0.2) is 66.7 Å². The summed E-state index contributed by atoms with van der Waals surface area (Å²) >= 11 is 0. The number of fused-ring (bicyclic) bond motifs is 1. The molecule has 3 aromatic carbocycles. The number of carbonyl (C=O) groups excluding carboxylic acids is 1. The summed E-state index contributed by atoms with van der Waals surface area (Å²) in [5.74, 6) is -0.973. The Labute approximate surface area is 156 Å². The van der Waals surface area contributed by atoms with Gasteiger partial charge in [-0.25, -0.2) is 9.59 Å². The van der Waals surface area contributed by atoms with Crippen molar-refractivity contribution in [2.24, 2.45) is 0 Å². The number of phenolic OH excluding ortho intramolecular Hbond substituents is 1. The Kier molecular flexibility index (Phi) is 5.56. The van der Waals surface area contributed by atoms with Gasteiger partial charge >= 0.3 is 12.1 Å². The molecule has 0 aromatic heterocycles. The Hall–Kier alpha value is -3.54. The first-order valence-electron chi connectivity index (χ1n) is 8.43. The highest BCUT2D eigenvalue weighted by Gasteiger charge is 2.21. The van der Waals surface area contributed by atoms with E-state index in [0.717, 1.165) is 21.9 Å². The molecule has 3 aromatic rings. The second-order valence-electron chi connectivity index (χ2n) is 6.17. The maximum absolute atomic E-state index is 11.9. The maximum atomic E-state index is 11.9. The monoisotopic (exact) mass is 365 g/mol. The minimum absolute atomic E-state index is 0.0679. The van der Waals surface area contributed by atoms with E-state index < -0.39 is 18.1 Å². The van der Waals surface area contributed by atoms with Crippen molar-refractivity contribution < 1.29 is 24.5 Å². The lowest BCUT2D eigenvalue weighted by molar-refractivity contribution is -0.139. The fourth-order valence-electron chi connectivity index (χ4n) is 2.75. The van der Waals surface area contributed by atoms with Gasteiger partial charge in [-0.1, -0.05) is 54.6 Å². The predicted molar refractivity (Wildman–Crippen MR) is 101 cm³/mol. The Morgan fingerprint density at radius 3 is 2.37 bits per heavy atom. The van der Waals surface area contributed by atoms with Crippen molar-refractivity contribution in [3.8, 4) is 5.75 Å². The average molecular weight is 365 g/mol. The van der Waals surface area contributed by atoms with E-state index in [1.54, 1.807) is 30.3 Å². The number of rotatable bonds is 6. The van der Waals surface area contributed by atoms with E-state index in [4.69, 9.17) is 4.74 Å². The molecule has 138 valence electrons. The third-order valence-electron chi connectivity index (χ3n) is 4.13. The number of amides is 1. The molecule has 1 unspecified atom stereocenters. The molecule has 0 radical (unpaired) electrons. The molecule has 0 spiro atoms. The Bertz CT molecular complexity index is 955. The molecule has 1 atom stereocenters. The van der Waals surface area contributed by atoms with Gasteiger partial charge in [0.2, 0.25) is 0 Å². The zero-order valence-corrected chi connectivity index (χ0v) is 14.5. The third kappa shape index (κ3) is 4.98. The van der Waals surface area contributed by atoms with Crippen LogP contribution in [0, 0.1) is 0 Å². The van der Waals surface area contributed by atoms with E-state index in [1.165, 1.54) is 0 Å². The SMILES string of the molecule is O=C(NC(Cc1ccc2cc(O)ccc2c1)C(=O)O)OCc1ccccc1. The normalized spacial score (nSPS) is 11.7. The van der Waals surface area contributed by atoms with Crippen molar-refractivity contribution in [1.29, 1.82) is 0 Å². The van der Waals surface area contributed by atoms with Gasteiger partial charge in [0.25, 0.3) is 0 Å². The van der Waals surface area contributed by atoms with Crippen molar-refractivity contribution in [1.82, 2.24) is 5.32 Å². The number of benzene rings is 3. The summed E-state index contributed by atoms with van der Waals surface area (Å²) in [5, 5.41) is 23.0. The predicted octanol–water partition coefficient (Wildman–Crippen LogP) is 3.47. The van der Waals surface area contributed by atoms with Gasteiger partial charge in [-0.05, 0) is 34.0 Å². The highest BCUT2D eigenvalue weighted by atomic mass is 16.5. The molecule has 0 aliphatic rings. The molecule has 27 heavy (non-hydrogen) atoms. The number of alkyl carbamates (subject to hydrolysis) is 1. The Morgan fingerprint density at radius 2 is 1.63 bits per heavy atom. The second kappa shape index (κ2) is 8.23. The Morgan fingerprint density at radius 1 is 0.926 bits per heavy atom. The molecule has 0 fully saturated rings. The summed E-state index contributed by atoms with van der Waals surface area (Å²) in [6, 6.07) is 18.4. The van der Waals surface area contributed by atoms with Gasteiger partial charge in [0.15, 0.2) is 0 Å². The van der Waals surface area contributed by atoms with Gasteiger partial charge in [-0.15, -0.1) is 0 Å². The lowest BCUT2D eigenvalue weighted by Crippen LogP contribution is -2.42. The highest BCUT2D eigenvalue weighted by molar-refractivity contribution is 5.85. The van der Waals surface area contributed by atoms with Crippen molar-refractivity contribution in [3.63, 3.8) is 0 Å². The van der Waals surface area contributed by atoms with E-state index in [0.29, 0.717) is 0 Å². The highest BCUT2D eigenvalue weighted by Crippen LogP contribution is 2.21. The van der Waals surface area contributed by atoms with Crippen LogP contribution in [0.25, 0.3) is 10.8 Å². The van der Waals surface area contributed by atoms with Crippen LogP contribution in [0.4, 0.5) is 4.79 Å². The largest absolute Gasteiger partial charge is 0.508 e. The number of carboxylic acid groups (broad SMARTS) is 1. The summed E-state index contributed by atoms with van der Waals surface area (Å²) in [4.78, 5) is 23.5. The van der Waals surface area contributed by atoms with Crippen molar-refractivity contribution in [3.05, 3.63) is 77.9 Å². The number of carboxylic acids is 1. The van der Waals surface area contributed by atoms with E-state index in [1.807, 2.05) is 36.4 Å². The van der Waals surface area contributed by atoms with Gasteiger partial charge in [-0.3, -0.25) is 0 Å². The maximum Gasteiger partial charge on any atom is 0.408 e. The number of carbonyl (C=O) groups is 2. The topological polar surface area (TPSA) is 95.9 Å². The number of ether oxygens (including phenoxy) is 1. The molecular formula is C21H19NO5. The van der Waals surface area contributed by atoms with Gasteiger partial charge in [0, 0.05) is 6.42 Å². The molecule has 0 saturated heterocycles. The lowest BCUT2D eigenvalue weighted by atomic mass is 10.0. The molecule has 0 heterocycles. The van der Waals surface area contributed by atoms with Crippen molar-refractivity contribution in [2.75, 3.05) is 0 Å². The van der Waals surface area contributed by atoms with Crippen LogP contribution >= 0.6 is 0 Å². The zero-order chi connectivity index (χ0) is 19.2. The quantitative estimate of drug-likeness (QED) is 0.622. The first-order valence-corrected chi connectivity index (χ1v) is 8.43. The fourth-order valence-corrected chi connectivity index (χ4v) is 2.75. The van der Waals surface area contributed by atoms with Crippen molar-refractivity contribution in [2.45, 2.75) is 19.1 Å². The average Bonchev–Trinajstić information content (AvgIpc) is 2.66. The molecule has 0 aliphatic carbocycles. The molecule has 6 nitrogen and oxygen atoms in total. The van der Waals surface area contributed by atoms with Crippen LogP contribution in [0.2, 0.25) is 0 Å². The minimum Gasteiger partial charge on any atom is -0.508 e. The first kappa shape index (κ1) is 18.3. The van der Waals surface area contributed by atoms with Gasteiger partial charge in [0.05, 0.1) is 0 Å². The van der Waals surface area contributed by atoms with Crippen molar-refractivity contribution >= 4 is 22.8 Å². The van der Waals surface area contributed by atoms with Crippen LogP contribution < -0.4 is 5.32 Å². The van der Waals surface area contributed by atoms with E-state index in [2.05, 4.69) is 5.32 Å². The number of aliphatic carboxylic acids is 1. The number of aromatic hydroxyl groups is 1. The number of hydrogen-bond acceptors (Lipinski definition) is 4. The summed E-state index contributed by atoms with van der Waals surface area (Å²) in [6.45, 7) is 0.0679. The fraction of sp³-hybridized carbons (Fsp3) is 0.143.